The Morgan fingerprint density at radius 3 is 2.42 bits per heavy atom. The number of rotatable bonds is 17. The fourth-order valence-electron chi connectivity index (χ4n) is 12.2. The number of anilines is 2. The van der Waals surface area contributed by atoms with Gasteiger partial charge >= 0.3 is 0 Å². The lowest BCUT2D eigenvalue weighted by Crippen LogP contribution is -2.60. The highest BCUT2D eigenvalue weighted by molar-refractivity contribution is 7.90. The Morgan fingerprint density at radius 2 is 1.68 bits per heavy atom. The summed E-state index contributed by atoms with van der Waals surface area (Å²) in [6, 6.07) is 28.1. The molecule has 1 amide bonds. The van der Waals surface area contributed by atoms with Gasteiger partial charge in [-0.15, -0.1) is 0 Å². The molecule has 1 atom stereocenters. The van der Waals surface area contributed by atoms with Crippen molar-refractivity contribution in [1.29, 1.82) is 0 Å². The summed E-state index contributed by atoms with van der Waals surface area (Å²) >= 11 is 0. The summed E-state index contributed by atoms with van der Waals surface area (Å²) in [5, 5.41) is 26.5. The van der Waals surface area contributed by atoms with Crippen LogP contribution in [0.5, 0.6) is 23.0 Å². The molecule has 402 valence electrons. The number of sulfonamides is 1. The number of ether oxygens (including phenoxy) is 3. The zero-order valence-electron chi connectivity index (χ0n) is 44.1. The molecule has 2 aliphatic carbocycles. The summed E-state index contributed by atoms with van der Waals surface area (Å²) in [7, 11) is -1.21. The van der Waals surface area contributed by atoms with Crippen LogP contribution in [0.3, 0.4) is 0 Å². The number of aromatic nitrogens is 2. The van der Waals surface area contributed by atoms with E-state index in [1.165, 1.54) is 29.5 Å². The Labute approximate surface area is 445 Å². The van der Waals surface area contributed by atoms with E-state index in [1.807, 2.05) is 31.2 Å². The number of fused-ring (bicyclic) bond motifs is 1. The van der Waals surface area contributed by atoms with E-state index in [4.69, 9.17) is 14.2 Å². The Bertz CT molecular complexity index is 3190. The average molecular weight is 1060 g/mol. The Kier molecular flexibility index (Phi) is 15.1. The number of piperidine rings is 1. The highest BCUT2D eigenvalue weighted by Crippen LogP contribution is 2.53. The monoisotopic (exact) mass is 1050 g/mol. The Morgan fingerprint density at radius 1 is 0.908 bits per heavy atom. The van der Waals surface area contributed by atoms with Crippen LogP contribution >= 0.6 is 0 Å². The number of nitrogens with zero attached hydrogens (tertiary/aromatic N) is 5. The highest BCUT2D eigenvalue weighted by atomic mass is 32.2. The van der Waals surface area contributed by atoms with Crippen LogP contribution in [0.15, 0.2) is 108 Å². The van der Waals surface area contributed by atoms with Crippen molar-refractivity contribution in [3.8, 4) is 23.0 Å². The summed E-state index contributed by atoms with van der Waals surface area (Å²) in [5.41, 5.74) is 4.64. The summed E-state index contributed by atoms with van der Waals surface area (Å²) in [6.45, 7) is 12.0. The molecule has 1 spiro atoms. The number of hydrogen-bond donors (Lipinski definition) is 4. The number of benzene rings is 4. The van der Waals surface area contributed by atoms with E-state index in [9.17, 15) is 28.4 Å². The summed E-state index contributed by atoms with van der Waals surface area (Å²) in [4.78, 5) is 40.5. The van der Waals surface area contributed by atoms with Crippen molar-refractivity contribution in [2.75, 3.05) is 63.7 Å². The smallest absolute Gasteiger partial charge is 0.293 e. The van der Waals surface area contributed by atoms with E-state index in [0.717, 1.165) is 112 Å². The number of nitro benzene ring substituents is 1. The SMILES string of the molecule is COc1ccc(CN2CCN(C3CC4(CCN(c5ccc(C(=O)NS(=O)(=O)c6ccc(NCC7CCC(C)(O)CC7)c([N+](=O)[O-])c6)c(Oc6cnc7[nH]ccc7c6)c5)CC4)C3)[C@H](c3ccccc3C(C)C)C2)c(OC)c1. The first-order valence-electron chi connectivity index (χ1n) is 26.6. The highest BCUT2D eigenvalue weighted by Gasteiger charge is 2.50. The van der Waals surface area contributed by atoms with Gasteiger partial charge in [-0.3, -0.25) is 24.7 Å². The number of carbonyl (C=O) groups is 1. The molecule has 2 saturated carbocycles. The molecule has 18 heteroatoms. The van der Waals surface area contributed by atoms with Crippen LogP contribution in [0, 0.1) is 21.4 Å². The zero-order valence-corrected chi connectivity index (χ0v) is 44.9. The number of amides is 1. The molecule has 0 bridgehead atoms. The summed E-state index contributed by atoms with van der Waals surface area (Å²) < 4.78 is 47.6. The molecular formula is C58H70N8O9S. The number of hydrogen-bond acceptors (Lipinski definition) is 14. The van der Waals surface area contributed by atoms with Crippen LogP contribution in [0.1, 0.15) is 111 Å². The number of aromatic amines is 1. The van der Waals surface area contributed by atoms with Gasteiger partial charge in [-0.25, -0.2) is 18.1 Å². The van der Waals surface area contributed by atoms with E-state index in [-0.39, 0.29) is 34.4 Å². The first kappa shape index (κ1) is 52.7. The van der Waals surface area contributed by atoms with Crippen molar-refractivity contribution < 1.29 is 37.5 Å². The number of piperazine rings is 1. The quantitative estimate of drug-likeness (QED) is 0.0496. The fraction of sp³-hybridized carbons (Fsp3) is 0.448. The molecule has 17 nitrogen and oxygen atoms in total. The molecule has 4 aromatic carbocycles. The number of nitrogens with one attached hydrogen (secondary N) is 3. The topological polar surface area (TPSA) is 205 Å². The lowest BCUT2D eigenvalue weighted by Gasteiger charge is -2.58. The van der Waals surface area contributed by atoms with E-state index in [1.54, 1.807) is 38.6 Å². The molecule has 10 rings (SSSR count). The maximum Gasteiger partial charge on any atom is 0.293 e. The normalized spacial score (nSPS) is 21.3. The van der Waals surface area contributed by atoms with Crippen molar-refractivity contribution in [3.63, 3.8) is 0 Å². The number of pyridine rings is 1. The van der Waals surface area contributed by atoms with Crippen LogP contribution in [0.4, 0.5) is 17.1 Å². The van der Waals surface area contributed by atoms with Crippen molar-refractivity contribution in [1.82, 2.24) is 24.5 Å². The first-order chi connectivity index (χ1) is 36.5. The van der Waals surface area contributed by atoms with Crippen LogP contribution < -0.4 is 29.1 Å². The zero-order chi connectivity index (χ0) is 53.4. The number of nitro groups is 1. The molecule has 2 aromatic heterocycles. The van der Waals surface area contributed by atoms with Crippen molar-refractivity contribution >= 4 is 44.0 Å². The van der Waals surface area contributed by atoms with Gasteiger partial charge in [-0.2, -0.15) is 0 Å². The molecule has 76 heavy (non-hydrogen) atoms. The third-order valence-electron chi connectivity index (χ3n) is 16.6. The third-order valence-corrected chi connectivity index (χ3v) is 18.0. The molecule has 0 radical (unpaired) electrons. The second kappa shape index (κ2) is 21.7. The van der Waals surface area contributed by atoms with Gasteiger partial charge in [0.25, 0.3) is 21.6 Å². The second-order valence-electron chi connectivity index (χ2n) is 22.1. The molecule has 4 heterocycles. The Hall–Kier alpha value is -6.73. The maximum absolute atomic E-state index is 14.1. The summed E-state index contributed by atoms with van der Waals surface area (Å²) in [5.74, 6) is 1.74. The number of H-pyrrole nitrogens is 1. The molecule has 2 saturated heterocycles. The molecule has 4 fully saturated rings. The molecule has 2 aliphatic heterocycles. The van der Waals surface area contributed by atoms with Crippen LogP contribution in [0.25, 0.3) is 11.0 Å². The van der Waals surface area contributed by atoms with Gasteiger partial charge < -0.3 is 34.5 Å². The Balaban J connectivity index is 0.832. The molecular weight excluding hydrogens is 985 g/mol. The minimum Gasteiger partial charge on any atom is -0.497 e. The maximum atomic E-state index is 14.1. The second-order valence-corrected chi connectivity index (χ2v) is 23.7. The van der Waals surface area contributed by atoms with E-state index >= 15 is 0 Å². The average Bonchev–Trinajstić information content (AvgIpc) is 3.90. The van der Waals surface area contributed by atoms with Crippen LogP contribution in [0.2, 0.25) is 0 Å². The van der Waals surface area contributed by atoms with E-state index in [2.05, 4.69) is 78.9 Å². The largest absolute Gasteiger partial charge is 0.497 e. The lowest BCUT2D eigenvalue weighted by molar-refractivity contribution is -0.384. The lowest BCUT2D eigenvalue weighted by atomic mass is 9.59. The predicted octanol–water partition coefficient (Wildman–Crippen LogP) is 10.2. The van der Waals surface area contributed by atoms with Crippen molar-refractivity contribution in [3.05, 3.63) is 136 Å². The van der Waals surface area contributed by atoms with Crippen molar-refractivity contribution in [2.45, 2.75) is 107 Å². The number of methoxy groups -OCH3 is 2. The van der Waals surface area contributed by atoms with Gasteiger partial charge in [0.2, 0.25) is 0 Å². The van der Waals surface area contributed by atoms with Crippen molar-refractivity contribution in [2.24, 2.45) is 11.3 Å². The third kappa shape index (κ3) is 11.4. The fourth-order valence-corrected chi connectivity index (χ4v) is 13.1. The molecule has 4 aliphatic rings. The van der Waals surface area contributed by atoms with Gasteiger partial charge in [0.05, 0.1) is 41.4 Å². The molecule has 4 N–H and O–H groups in total. The molecule has 6 aromatic rings. The van der Waals surface area contributed by atoms with E-state index in [0.29, 0.717) is 42.7 Å². The van der Waals surface area contributed by atoms with Gasteiger partial charge in [-0.05, 0) is 129 Å². The van der Waals surface area contributed by atoms with Crippen LogP contribution in [-0.4, -0.2) is 109 Å². The molecule has 0 unspecified atom stereocenters. The minimum atomic E-state index is -4.60. The summed E-state index contributed by atoms with van der Waals surface area (Å²) in [6.07, 6.45) is 10.3. The van der Waals surface area contributed by atoms with Gasteiger partial charge in [0, 0.05) is 98.9 Å². The predicted molar refractivity (Wildman–Crippen MR) is 293 cm³/mol. The van der Waals surface area contributed by atoms with Gasteiger partial charge in [0.15, 0.2) is 0 Å². The standard InChI is InChI=1S/C58H70N8O9S/c1-38(2)47-8-6-7-9-48(47)52-37-63(36-41-10-12-44(73-4)30-53(41)74-5)26-27-65(52)43-32-58(33-43)21-24-64(25-22-58)42-11-14-49(54(29-42)75-45-28-40-18-23-59-55(40)61-35-45)56(67)62-76(71,72)46-13-15-50(51(31-46)66(69)70)60-34-39-16-19-57(3,68)20-17-39/h6-15,18,23,28-31,35,38-39,43,52,60,68H,16-17,19-22,24-27,32-34,36-37H2,1-5H3,(H,59,61)(H,62,67)/t39?,52-,57?/m0/s1. The van der Waals surface area contributed by atoms with E-state index < -0.39 is 37.0 Å². The first-order valence-corrected chi connectivity index (χ1v) is 28.1. The number of carbonyl (C=O) groups excluding carboxylic acids is 1. The van der Waals surface area contributed by atoms with Crippen LogP contribution in [-0.2, 0) is 16.6 Å². The van der Waals surface area contributed by atoms with Gasteiger partial charge in [-0.1, -0.05) is 44.2 Å². The van der Waals surface area contributed by atoms with Gasteiger partial charge in [0.1, 0.15) is 34.3 Å². The minimum absolute atomic E-state index is 0.0344. The number of aliphatic hydroxyl groups is 1.